The smallest absolute Gasteiger partial charge is 0.0998 e. The van der Waals surface area contributed by atoms with E-state index in [-0.39, 0.29) is 11.0 Å². The molecule has 1 saturated heterocycles. The molecular weight excluding hydrogens is 267 g/mol. The van der Waals surface area contributed by atoms with Crippen LogP contribution in [0.25, 0.3) is 0 Å². The largest absolute Gasteiger partial charge is 0.369 e. The molecule has 0 amide bonds. The third kappa shape index (κ3) is 1.88. The molecule has 1 aliphatic carbocycles. The van der Waals surface area contributed by atoms with Gasteiger partial charge in [0.1, 0.15) is 0 Å². The third-order valence-corrected chi connectivity index (χ3v) is 5.04. The highest BCUT2D eigenvalue weighted by Crippen LogP contribution is 2.65. The Morgan fingerprint density at radius 1 is 1.28 bits per heavy atom. The summed E-state index contributed by atoms with van der Waals surface area (Å²) in [5, 5.41) is 1.49. The number of ether oxygens (including phenoxy) is 1. The first-order valence-corrected chi connectivity index (χ1v) is 7.20. The van der Waals surface area contributed by atoms with E-state index in [1.807, 2.05) is 12.1 Å². The van der Waals surface area contributed by atoms with Gasteiger partial charge >= 0.3 is 0 Å². The van der Waals surface area contributed by atoms with Crippen molar-refractivity contribution in [3.8, 4) is 0 Å². The van der Waals surface area contributed by atoms with Crippen molar-refractivity contribution >= 4 is 23.2 Å². The summed E-state index contributed by atoms with van der Waals surface area (Å²) in [7, 11) is 0. The Balaban J connectivity index is 1.83. The maximum Gasteiger partial charge on any atom is 0.0998 e. The molecule has 1 aliphatic heterocycles. The van der Waals surface area contributed by atoms with Crippen molar-refractivity contribution in [3.05, 3.63) is 33.8 Å². The maximum atomic E-state index is 6.29. The molecule has 3 heteroatoms. The summed E-state index contributed by atoms with van der Waals surface area (Å²) in [6.45, 7) is 7.68. The molecule has 0 radical (unpaired) electrons. The third-order valence-electron chi connectivity index (χ3n) is 4.48. The molecule has 1 heterocycles. The number of halogens is 2. The van der Waals surface area contributed by atoms with Crippen LogP contribution in [-0.2, 0) is 4.74 Å². The van der Waals surface area contributed by atoms with Gasteiger partial charge < -0.3 is 4.74 Å². The van der Waals surface area contributed by atoms with Crippen molar-refractivity contribution in [2.45, 2.75) is 38.7 Å². The van der Waals surface area contributed by atoms with Gasteiger partial charge in [-0.2, -0.15) is 0 Å². The second-order valence-corrected chi connectivity index (χ2v) is 7.39. The Morgan fingerprint density at radius 2 is 1.94 bits per heavy atom. The Hall–Kier alpha value is -0.240. The van der Waals surface area contributed by atoms with Crippen LogP contribution in [0.3, 0.4) is 0 Å². The number of benzene rings is 1. The number of rotatable bonds is 2. The maximum absolute atomic E-state index is 6.29. The fraction of sp³-hybridized carbons (Fsp3) is 0.600. The Morgan fingerprint density at radius 3 is 2.44 bits per heavy atom. The molecule has 3 atom stereocenters. The van der Waals surface area contributed by atoms with Crippen LogP contribution >= 0.6 is 23.2 Å². The first kappa shape index (κ1) is 12.8. The molecule has 1 aromatic carbocycles. The zero-order valence-corrected chi connectivity index (χ0v) is 12.5. The lowest BCUT2D eigenvalue weighted by molar-refractivity contribution is 0.130. The van der Waals surface area contributed by atoms with E-state index in [1.165, 1.54) is 12.0 Å². The topological polar surface area (TPSA) is 12.5 Å². The highest BCUT2D eigenvalue weighted by atomic mass is 35.5. The molecule has 2 aliphatic rings. The van der Waals surface area contributed by atoms with E-state index >= 15 is 0 Å². The van der Waals surface area contributed by atoms with Crippen molar-refractivity contribution in [2.75, 3.05) is 6.61 Å². The van der Waals surface area contributed by atoms with Gasteiger partial charge in [0.25, 0.3) is 0 Å². The minimum atomic E-state index is 0.0701. The summed E-state index contributed by atoms with van der Waals surface area (Å²) in [6, 6.07) is 5.83. The zero-order valence-electron chi connectivity index (χ0n) is 11.0. The van der Waals surface area contributed by atoms with Crippen LogP contribution in [0, 0.1) is 11.3 Å². The first-order chi connectivity index (χ1) is 8.35. The summed E-state index contributed by atoms with van der Waals surface area (Å²) in [4.78, 5) is 0. The van der Waals surface area contributed by atoms with Crippen LogP contribution in [0.4, 0.5) is 0 Å². The SMILES string of the molecule is CC(C)(C)C1([C@@H]2C[C@H]2c2ccc(Cl)cc2Cl)CO1. The minimum absolute atomic E-state index is 0.0701. The molecule has 1 nitrogen and oxygen atoms in total. The van der Waals surface area contributed by atoms with E-state index < -0.39 is 0 Å². The molecule has 3 rings (SSSR count). The molecule has 0 N–H and O–H groups in total. The molecular formula is C15H18Cl2O. The lowest BCUT2D eigenvalue weighted by Gasteiger charge is -2.28. The van der Waals surface area contributed by atoms with Gasteiger partial charge in [0.2, 0.25) is 0 Å². The predicted octanol–water partition coefficient (Wildman–Crippen LogP) is 4.91. The molecule has 98 valence electrons. The van der Waals surface area contributed by atoms with Crippen molar-refractivity contribution in [1.29, 1.82) is 0 Å². The minimum Gasteiger partial charge on any atom is -0.369 e. The van der Waals surface area contributed by atoms with E-state index in [2.05, 4.69) is 26.8 Å². The molecule has 1 unspecified atom stereocenters. The average Bonchev–Trinajstić information content (AvgIpc) is 3.10. The fourth-order valence-corrected chi connectivity index (χ4v) is 3.69. The molecule has 0 bridgehead atoms. The molecule has 2 fully saturated rings. The van der Waals surface area contributed by atoms with Gasteiger partial charge in [0.05, 0.1) is 12.2 Å². The molecule has 18 heavy (non-hydrogen) atoms. The Kier molecular flexibility index (Phi) is 2.75. The van der Waals surface area contributed by atoms with E-state index in [4.69, 9.17) is 27.9 Å². The van der Waals surface area contributed by atoms with Gasteiger partial charge in [-0.15, -0.1) is 0 Å². The van der Waals surface area contributed by atoms with Crippen molar-refractivity contribution in [1.82, 2.24) is 0 Å². The monoisotopic (exact) mass is 284 g/mol. The molecule has 1 aromatic rings. The van der Waals surface area contributed by atoms with E-state index in [1.54, 1.807) is 0 Å². The second kappa shape index (κ2) is 3.88. The van der Waals surface area contributed by atoms with E-state index in [0.29, 0.717) is 16.9 Å². The summed E-state index contributed by atoms with van der Waals surface area (Å²) < 4.78 is 5.83. The van der Waals surface area contributed by atoms with Crippen LogP contribution in [0.15, 0.2) is 18.2 Å². The first-order valence-electron chi connectivity index (χ1n) is 6.44. The van der Waals surface area contributed by atoms with Crippen LogP contribution in [0.5, 0.6) is 0 Å². The van der Waals surface area contributed by atoms with Gasteiger partial charge in [-0.25, -0.2) is 0 Å². The molecule has 0 aromatic heterocycles. The average molecular weight is 285 g/mol. The predicted molar refractivity (Wildman–Crippen MR) is 75.4 cm³/mol. The molecule has 0 spiro atoms. The fourth-order valence-electron chi connectivity index (χ4n) is 3.14. The summed E-state index contributed by atoms with van der Waals surface area (Å²) in [5.41, 5.74) is 1.50. The van der Waals surface area contributed by atoms with Crippen molar-refractivity contribution < 1.29 is 4.74 Å². The summed E-state index contributed by atoms with van der Waals surface area (Å²) >= 11 is 12.2. The van der Waals surface area contributed by atoms with Gasteiger partial charge in [-0.1, -0.05) is 50.0 Å². The van der Waals surface area contributed by atoms with Gasteiger partial charge in [0.15, 0.2) is 0 Å². The quantitative estimate of drug-likeness (QED) is 0.703. The molecule has 1 saturated carbocycles. The van der Waals surface area contributed by atoms with Crippen LogP contribution < -0.4 is 0 Å². The number of hydrogen-bond acceptors (Lipinski definition) is 1. The highest BCUT2D eigenvalue weighted by molar-refractivity contribution is 6.35. The summed E-state index contributed by atoms with van der Waals surface area (Å²) in [5.74, 6) is 1.15. The Labute approximate surface area is 118 Å². The Bertz CT molecular complexity index is 486. The van der Waals surface area contributed by atoms with Gasteiger partial charge in [0, 0.05) is 10.0 Å². The number of epoxide rings is 1. The van der Waals surface area contributed by atoms with E-state index in [9.17, 15) is 0 Å². The lowest BCUT2D eigenvalue weighted by atomic mass is 9.77. The second-order valence-electron chi connectivity index (χ2n) is 6.54. The number of hydrogen-bond donors (Lipinski definition) is 0. The normalized spacial score (nSPS) is 34.5. The van der Waals surface area contributed by atoms with Crippen LogP contribution in [0.1, 0.15) is 38.7 Å². The van der Waals surface area contributed by atoms with Crippen LogP contribution in [0.2, 0.25) is 10.0 Å². The van der Waals surface area contributed by atoms with Gasteiger partial charge in [-0.3, -0.25) is 0 Å². The van der Waals surface area contributed by atoms with E-state index in [0.717, 1.165) is 11.6 Å². The lowest BCUT2D eigenvalue weighted by Crippen LogP contribution is -2.33. The standard InChI is InChI=1S/C15H18Cl2O/c1-14(2,3)15(8-18-15)12-7-11(12)10-5-4-9(16)6-13(10)17/h4-6,11-12H,7-8H2,1-3H3/t11-,12+,15?/m0/s1. The van der Waals surface area contributed by atoms with Crippen molar-refractivity contribution in [2.24, 2.45) is 11.3 Å². The summed E-state index contributed by atoms with van der Waals surface area (Å²) in [6.07, 6.45) is 1.18. The zero-order chi connectivity index (χ0) is 13.1. The van der Waals surface area contributed by atoms with Crippen LogP contribution in [-0.4, -0.2) is 12.2 Å². The highest BCUT2D eigenvalue weighted by Gasteiger charge is 2.66. The van der Waals surface area contributed by atoms with Gasteiger partial charge in [-0.05, 0) is 41.4 Å². The van der Waals surface area contributed by atoms with Crippen molar-refractivity contribution in [3.63, 3.8) is 0 Å².